The average molecular weight is 286 g/mol. The van der Waals surface area contributed by atoms with Crippen molar-refractivity contribution >= 4 is 11.7 Å². The highest BCUT2D eigenvalue weighted by atomic mass is 16.4. The van der Waals surface area contributed by atoms with Crippen LogP contribution in [0.15, 0.2) is 18.2 Å². The van der Waals surface area contributed by atoms with Gasteiger partial charge in [0.1, 0.15) is 6.07 Å². The molecule has 1 heterocycles. The van der Waals surface area contributed by atoms with Gasteiger partial charge in [0.15, 0.2) is 0 Å². The molecule has 2 rings (SSSR count). The third-order valence-corrected chi connectivity index (χ3v) is 4.42. The Morgan fingerprint density at radius 3 is 2.76 bits per heavy atom. The number of hydrogen-bond acceptors (Lipinski definition) is 3. The molecule has 1 fully saturated rings. The predicted octanol–water partition coefficient (Wildman–Crippen LogP) is 3.52. The van der Waals surface area contributed by atoms with Gasteiger partial charge in [-0.2, -0.15) is 5.26 Å². The second kappa shape index (κ2) is 6.62. The van der Waals surface area contributed by atoms with Crippen LogP contribution < -0.4 is 4.90 Å². The number of hydrogen-bond donors (Lipinski definition) is 1. The highest BCUT2D eigenvalue weighted by molar-refractivity contribution is 5.89. The Labute approximate surface area is 126 Å². The van der Waals surface area contributed by atoms with Crippen molar-refractivity contribution in [3.63, 3.8) is 0 Å². The fourth-order valence-electron chi connectivity index (χ4n) is 3.06. The maximum atomic E-state index is 11.0. The summed E-state index contributed by atoms with van der Waals surface area (Å²) >= 11 is 0. The normalized spacial score (nSPS) is 19.1. The molecule has 1 aliphatic heterocycles. The van der Waals surface area contributed by atoms with E-state index in [1.54, 1.807) is 12.1 Å². The van der Waals surface area contributed by atoms with Gasteiger partial charge in [-0.25, -0.2) is 4.79 Å². The van der Waals surface area contributed by atoms with Gasteiger partial charge in [0.25, 0.3) is 0 Å². The molecule has 1 unspecified atom stereocenters. The fourth-order valence-corrected chi connectivity index (χ4v) is 3.06. The molecule has 4 heteroatoms. The predicted molar refractivity (Wildman–Crippen MR) is 82.5 cm³/mol. The van der Waals surface area contributed by atoms with Crippen molar-refractivity contribution in [2.45, 2.75) is 33.1 Å². The Bertz CT molecular complexity index is 560. The van der Waals surface area contributed by atoms with Crippen LogP contribution >= 0.6 is 0 Å². The van der Waals surface area contributed by atoms with Gasteiger partial charge in [-0.05, 0) is 49.3 Å². The number of nitrogens with zero attached hydrogens (tertiary/aromatic N) is 2. The van der Waals surface area contributed by atoms with Crippen molar-refractivity contribution in [1.82, 2.24) is 0 Å². The van der Waals surface area contributed by atoms with Crippen LogP contribution in [0.1, 0.15) is 49.0 Å². The zero-order valence-corrected chi connectivity index (χ0v) is 12.7. The number of nitriles is 1. The summed E-state index contributed by atoms with van der Waals surface area (Å²) in [6, 6.07) is 6.97. The third kappa shape index (κ3) is 3.55. The van der Waals surface area contributed by atoms with Gasteiger partial charge in [-0.1, -0.05) is 13.8 Å². The van der Waals surface area contributed by atoms with E-state index in [4.69, 9.17) is 5.11 Å². The van der Waals surface area contributed by atoms with E-state index >= 15 is 0 Å². The number of benzene rings is 1. The van der Waals surface area contributed by atoms with Crippen LogP contribution in [0.5, 0.6) is 0 Å². The molecule has 0 aliphatic carbocycles. The summed E-state index contributed by atoms with van der Waals surface area (Å²) in [7, 11) is 0. The molecule has 1 aliphatic rings. The molecule has 112 valence electrons. The lowest BCUT2D eigenvalue weighted by atomic mass is 9.89. The first-order valence-corrected chi connectivity index (χ1v) is 7.55. The first-order chi connectivity index (χ1) is 10.0. The van der Waals surface area contributed by atoms with Crippen molar-refractivity contribution < 1.29 is 9.90 Å². The lowest BCUT2D eigenvalue weighted by molar-refractivity contribution is 0.0697. The van der Waals surface area contributed by atoms with E-state index in [0.29, 0.717) is 11.5 Å². The number of carboxylic acids is 1. The van der Waals surface area contributed by atoms with Gasteiger partial charge in [0.05, 0.1) is 16.8 Å². The van der Waals surface area contributed by atoms with Crippen molar-refractivity contribution in [2.75, 3.05) is 18.0 Å². The van der Waals surface area contributed by atoms with Gasteiger partial charge in [0.2, 0.25) is 0 Å². The third-order valence-electron chi connectivity index (χ3n) is 4.42. The summed E-state index contributed by atoms with van der Waals surface area (Å²) < 4.78 is 0. The molecule has 1 saturated heterocycles. The lowest BCUT2D eigenvalue weighted by Gasteiger charge is -2.24. The van der Waals surface area contributed by atoms with E-state index in [1.165, 1.54) is 12.5 Å². The molecule has 1 aromatic rings. The SMILES string of the molecule is CC(C)C1CCCN(c2ccc(C(=O)O)cc2C#N)CC1. The summed E-state index contributed by atoms with van der Waals surface area (Å²) in [6.45, 7) is 6.40. The van der Waals surface area contributed by atoms with E-state index in [0.717, 1.165) is 37.5 Å². The molecule has 0 aromatic heterocycles. The minimum atomic E-state index is -0.992. The lowest BCUT2D eigenvalue weighted by Crippen LogP contribution is -2.25. The highest BCUT2D eigenvalue weighted by Crippen LogP contribution is 2.29. The number of aromatic carboxylic acids is 1. The van der Waals surface area contributed by atoms with Gasteiger partial charge in [-0.15, -0.1) is 0 Å². The molecule has 4 nitrogen and oxygen atoms in total. The Hall–Kier alpha value is -2.02. The smallest absolute Gasteiger partial charge is 0.335 e. The standard InChI is InChI=1S/C17H22N2O2/c1-12(2)13-4-3-8-19(9-7-13)16-6-5-14(17(20)21)10-15(16)11-18/h5-6,10,12-13H,3-4,7-9H2,1-2H3,(H,20,21). The molecule has 0 spiro atoms. The second-order valence-corrected chi connectivity index (χ2v) is 6.07. The topological polar surface area (TPSA) is 64.3 Å². The van der Waals surface area contributed by atoms with Crippen LogP contribution in [0.3, 0.4) is 0 Å². The van der Waals surface area contributed by atoms with Crippen LogP contribution in [0, 0.1) is 23.2 Å². The van der Waals surface area contributed by atoms with Crippen molar-refractivity contribution in [1.29, 1.82) is 5.26 Å². The van der Waals surface area contributed by atoms with Gasteiger partial charge < -0.3 is 10.0 Å². The summed E-state index contributed by atoms with van der Waals surface area (Å²) in [5, 5.41) is 18.3. The maximum absolute atomic E-state index is 11.0. The van der Waals surface area contributed by atoms with E-state index in [1.807, 2.05) is 0 Å². The van der Waals surface area contributed by atoms with Gasteiger partial charge in [-0.3, -0.25) is 0 Å². The molecular formula is C17H22N2O2. The number of rotatable bonds is 3. The number of anilines is 1. The Balaban J connectivity index is 2.22. The molecular weight excluding hydrogens is 264 g/mol. The first-order valence-electron chi connectivity index (χ1n) is 7.55. The highest BCUT2D eigenvalue weighted by Gasteiger charge is 2.21. The summed E-state index contributed by atoms with van der Waals surface area (Å²) in [6.07, 6.45) is 3.47. The van der Waals surface area contributed by atoms with Gasteiger partial charge >= 0.3 is 5.97 Å². The van der Waals surface area contributed by atoms with E-state index < -0.39 is 5.97 Å². The average Bonchev–Trinajstić information content (AvgIpc) is 2.72. The van der Waals surface area contributed by atoms with Crippen LogP contribution in [0.2, 0.25) is 0 Å². The van der Waals surface area contributed by atoms with Crippen molar-refractivity contribution in [3.8, 4) is 6.07 Å². The Morgan fingerprint density at radius 2 is 2.14 bits per heavy atom. The molecule has 21 heavy (non-hydrogen) atoms. The fraction of sp³-hybridized carbons (Fsp3) is 0.529. The number of carbonyl (C=O) groups is 1. The molecule has 1 aromatic carbocycles. The van der Waals surface area contributed by atoms with E-state index in [-0.39, 0.29) is 5.56 Å². The summed E-state index contributed by atoms with van der Waals surface area (Å²) in [4.78, 5) is 13.2. The minimum Gasteiger partial charge on any atom is -0.478 e. The molecule has 1 N–H and O–H groups in total. The molecule has 0 radical (unpaired) electrons. The molecule has 0 saturated carbocycles. The molecule has 0 amide bonds. The van der Waals surface area contributed by atoms with Crippen LogP contribution in [0.4, 0.5) is 5.69 Å². The quantitative estimate of drug-likeness (QED) is 0.923. The van der Waals surface area contributed by atoms with Crippen LogP contribution in [0.25, 0.3) is 0 Å². The zero-order valence-electron chi connectivity index (χ0n) is 12.7. The van der Waals surface area contributed by atoms with E-state index in [9.17, 15) is 10.1 Å². The van der Waals surface area contributed by atoms with Gasteiger partial charge in [0, 0.05) is 13.1 Å². The minimum absolute atomic E-state index is 0.171. The second-order valence-electron chi connectivity index (χ2n) is 6.07. The Morgan fingerprint density at radius 1 is 1.38 bits per heavy atom. The largest absolute Gasteiger partial charge is 0.478 e. The van der Waals surface area contributed by atoms with Crippen LogP contribution in [-0.2, 0) is 0 Å². The van der Waals surface area contributed by atoms with E-state index in [2.05, 4.69) is 24.8 Å². The number of carboxylic acid groups (broad SMARTS) is 1. The molecule has 0 bridgehead atoms. The summed E-state index contributed by atoms with van der Waals surface area (Å²) in [5.41, 5.74) is 1.50. The monoisotopic (exact) mass is 286 g/mol. The molecule has 1 atom stereocenters. The van der Waals surface area contributed by atoms with Crippen LogP contribution in [-0.4, -0.2) is 24.2 Å². The Kier molecular flexibility index (Phi) is 4.85. The summed E-state index contributed by atoms with van der Waals surface area (Å²) in [5.74, 6) is 0.433. The van der Waals surface area contributed by atoms with Crippen molar-refractivity contribution in [3.05, 3.63) is 29.3 Å². The van der Waals surface area contributed by atoms with Crippen molar-refractivity contribution in [2.24, 2.45) is 11.8 Å². The zero-order chi connectivity index (χ0) is 15.4. The first kappa shape index (κ1) is 15.4. The maximum Gasteiger partial charge on any atom is 0.335 e.